The molecule has 0 amide bonds. The Morgan fingerprint density at radius 2 is 1.94 bits per heavy atom. The zero-order valence-corrected chi connectivity index (χ0v) is 10.7. The van der Waals surface area contributed by atoms with Gasteiger partial charge in [0.1, 0.15) is 5.69 Å². The van der Waals surface area contributed by atoms with Crippen molar-refractivity contribution in [2.24, 2.45) is 0 Å². The van der Waals surface area contributed by atoms with Gasteiger partial charge in [0.25, 0.3) is 0 Å². The smallest absolute Gasteiger partial charge is 0.232 e. The van der Waals surface area contributed by atoms with E-state index in [0.29, 0.717) is 12.1 Å². The molecule has 0 aliphatic heterocycles. The van der Waals surface area contributed by atoms with Crippen molar-refractivity contribution in [3.63, 3.8) is 0 Å². The van der Waals surface area contributed by atoms with E-state index >= 15 is 0 Å². The molecular weight excluding hydrogens is 248 g/mol. The van der Waals surface area contributed by atoms with Crippen LogP contribution in [0.2, 0.25) is 5.02 Å². The van der Waals surface area contributed by atoms with Crippen molar-refractivity contribution in [3.8, 4) is 0 Å². The number of methoxy groups -OCH3 is 1. The van der Waals surface area contributed by atoms with Crippen LogP contribution in [-0.4, -0.2) is 18.0 Å². The van der Waals surface area contributed by atoms with Crippen LogP contribution in [0.15, 0.2) is 42.5 Å². The minimum absolute atomic E-state index is 0.0768. The van der Waals surface area contributed by atoms with Gasteiger partial charge in [0, 0.05) is 17.1 Å². The molecule has 18 heavy (non-hydrogen) atoms. The molecule has 4 heteroatoms. The fraction of sp³-hybridized carbons (Fsp3) is 0.143. The second kappa shape index (κ2) is 5.65. The van der Waals surface area contributed by atoms with Gasteiger partial charge in [0.05, 0.1) is 7.11 Å². The fourth-order valence-corrected chi connectivity index (χ4v) is 1.75. The third-order valence-corrected chi connectivity index (χ3v) is 2.79. The third-order valence-electron chi connectivity index (χ3n) is 2.54. The summed E-state index contributed by atoms with van der Waals surface area (Å²) in [5.41, 5.74) is 2.58. The summed E-state index contributed by atoms with van der Waals surface area (Å²) < 4.78 is 4.86. The standard InChI is InChI=1S/C14H13ClN2O/c1-18-14(16)13-4-2-3-12(17-13)9-10-5-7-11(15)8-6-10/h2-8,16H,9H2,1H3. The second-order valence-corrected chi connectivity index (χ2v) is 4.29. The normalized spacial score (nSPS) is 10.1. The monoisotopic (exact) mass is 260 g/mol. The van der Waals surface area contributed by atoms with Gasteiger partial charge in [0.2, 0.25) is 5.90 Å². The predicted octanol–water partition coefficient (Wildman–Crippen LogP) is 3.30. The minimum atomic E-state index is 0.0768. The van der Waals surface area contributed by atoms with Crippen molar-refractivity contribution < 1.29 is 4.74 Å². The van der Waals surface area contributed by atoms with Crippen molar-refractivity contribution in [2.45, 2.75) is 6.42 Å². The van der Waals surface area contributed by atoms with Crippen molar-refractivity contribution in [1.82, 2.24) is 4.98 Å². The first-order chi connectivity index (χ1) is 8.69. The average Bonchev–Trinajstić information content (AvgIpc) is 2.41. The zero-order chi connectivity index (χ0) is 13.0. The van der Waals surface area contributed by atoms with Gasteiger partial charge >= 0.3 is 0 Å². The third kappa shape index (κ3) is 3.08. The van der Waals surface area contributed by atoms with E-state index in [9.17, 15) is 0 Å². The van der Waals surface area contributed by atoms with Gasteiger partial charge in [-0.25, -0.2) is 4.98 Å². The Morgan fingerprint density at radius 3 is 2.61 bits per heavy atom. The highest BCUT2D eigenvalue weighted by Crippen LogP contribution is 2.13. The quantitative estimate of drug-likeness (QED) is 0.680. The molecule has 0 saturated heterocycles. The molecule has 0 fully saturated rings. The van der Waals surface area contributed by atoms with Gasteiger partial charge in [-0.05, 0) is 29.8 Å². The summed E-state index contributed by atoms with van der Waals surface area (Å²) in [4.78, 5) is 4.38. The molecule has 0 unspecified atom stereocenters. The van der Waals surface area contributed by atoms with Crippen LogP contribution in [0.4, 0.5) is 0 Å². The van der Waals surface area contributed by atoms with Crippen LogP contribution in [0.25, 0.3) is 0 Å². The number of hydrogen-bond donors (Lipinski definition) is 1. The van der Waals surface area contributed by atoms with Gasteiger partial charge < -0.3 is 4.74 Å². The molecule has 1 aromatic carbocycles. The van der Waals surface area contributed by atoms with E-state index < -0.39 is 0 Å². The van der Waals surface area contributed by atoms with Crippen LogP contribution < -0.4 is 0 Å². The van der Waals surface area contributed by atoms with E-state index in [-0.39, 0.29) is 5.90 Å². The number of halogens is 1. The summed E-state index contributed by atoms with van der Waals surface area (Å²) in [6.07, 6.45) is 0.710. The van der Waals surface area contributed by atoms with Gasteiger partial charge in [-0.2, -0.15) is 0 Å². The lowest BCUT2D eigenvalue weighted by atomic mass is 10.1. The Kier molecular flexibility index (Phi) is 3.95. The predicted molar refractivity (Wildman–Crippen MR) is 72.3 cm³/mol. The molecule has 1 N–H and O–H groups in total. The Balaban J connectivity index is 2.19. The molecule has 92 valence electrons. The maximum absolute atomic E-state index is 7.58. The molecule has 0 bridgehead atoms. The highest BCUT2D eigenvalue weighted by atomic mass is 35.5. The number of hydrogen-bond acceptors (Lipinski definition) is 3. The lowest BCUT2D eigenvalue weighted by molar-refractivity contribution is 0.399. The van der Waals surface area contributed by atoms with E-state index in [0.717, 1.165) is 16.3 Å². The number of pyridine rings is 1. The van der Waals surface area contributed by atoms with Gasteiger partial charge in [0.15, 0.2) is 0 Å². The maximum Gasteiger partial charge on any atom is 0.232 e. The summed E-state index contributed by atoms with van der Waals surface area (Å²) in [6, 6.07) is 13.2. The van der Waals surface area contributed by atoms with Gasteiger partial charge in [-0.3, -0.25) is 5.41 Å². The molecule has 0 saturated carbocycles. The van der Waals surface area contributed by atoms with Crippen molar-refractivity contribution in [2.75, 3.05) is 7.11 Å². The highest BCUT2D eigenvalue weighted by Gasteiger charge is 2.04. The van der Waals surface area contributed by atoms with E-state index in [4.69, 9.17) is 21.7 Å². The minimum Gasteiger partial charge on any atom is -0.480 e. The van der Waals surface area contributed by atoms with Crippen LogP contribution in [0.5, 0.6) is 0 Å². The summed E-state index contributed by atoms with van der Waals surface area (Å²) >= 11 is 5.84. The lowest BCUT2D eigenvalue weighted by Gasteiger charge is -2.05. The lowest BCUT2D eigenvalue weighted by Crippen LogP contribution is -2.06. The first-order valence-corrected chi connectivity index (χ1v) is 5.90. The van der Waals surface area contributed by atoms with Crippen LogP contribution >= 0.6 is 11.6 Å². The number of nitrogens with zero attached hydrogens (tertiary/aromatic N) is 1. The SMILES string of the molecule is COC(=N)c1cccc(Cc2ccc(Cl)cc2)n1. The van der Waals surface area contributed by atoms with E-state index in [1.807, 2.05) is 36.4 Å². The van der Waals surface area contributed by atoms with Crippen LogP contribution in [0, 0.1) is 5.41 Å². The van der Waals surface area contributed by atoms with Crippen LogP contribution in [0.3, 0.4) is 0 Å². The number of nitrogens with one attached hydrogen (secondary N) is 1. The van der Waals surface area contributed by atoms with Crippen LogP contribution in [0.1, 0.15) is 17.0 Å². The summed E-state index contributed by atoms with van der Waals surface area (Å²) in [5, 5.41) is 8.30. The molecular formula is C14H13ClN2O. The number of aromatic nitrogens is 1. The van der Waals surface area contributed by atoms with E-state index in [1.54, 1.807) is 6.07 Å². The molecule has 0 aliphatic carbocycles. The van der Waals surface area contributed by atoms with Crippen molar-refractivity contribution in [1.29, 1.82) is 5.41 Å². The molecule has 2 aromatic rings. The molecule has 0 radical (unpaired) electrons. The Labute approximate surface area is 111 Å². The van der Waals surface area contributed by atoms with Gasteiger partial charge in [-0.15, -0.1) is 0 Å². The van der Waals surface area contributed by atoms with Crippen LogP contribution in [-0.2, 0) is 11.2 Å². The highest BCUT2D eigenvalue weighted by molar-refractivity contribution is 6.30. The van der Waals surface area contributed by atoms with Crippen molar-refractivity contribution >= 4 is 17.5 Å². The summed E-state index contributed by atoms with van der Waals surface area (Å²) in [7, 11) is 1.47. The molecule has 0 aliphatic rings. The van der Waals surface area contributed by atoms with E-state index in [1.165, 1.54) is 7.11 Å². The first kappa shape index (κ1) is 12.6. The Hall–Kier alpha value is -1.87. The molecule has 1 heterocycles. The maximum atomic E-state index is 7.58. The number of rotatable bonds is 3. The van der Waals surface area contributed by atoms with E-state index in [2.05, 4.69) is 4.98 Å². The zero-order valence-electron chi connectivity index (χ0n) is 9.98. The number of ether oxygens (including phenoxy) is 1. The molecule has 3 nitrogen and oxygen atoms in total. The summed E-state index contributed by atoms with van der Waals surface area (Å²) in [6.45, 7) is 0. The molecule has 2 rings (SSSR count). The largest absolute Gasteiger partial charge is 0.480 e. The molecule has 0 spiro atoms. The van der Waals surface area contributed by atoms with Crippen molar-refractivity contribution in [3.05, 3.63) is 64.4 Å². The Morgan fingerprint density at radius 1 is 1.22 bits per heavy atom. The van der Waals surface area contributed by atoms with Gasteiger partial charge in [-0.1, -0.05) is 29.8 Å². The molecule has 1 aromatic heterocycles. The molecule has 0 atom stereocenters. The average molecular weight is 261 g/mol. The fourth-order valence-electron chi connectivity index (χ4n) is 1.62. The Bertz CT molecular complexity index is 552. The first-order valence-electron chi connectivity index (χ1n) is 5.52. The number of benzene rings is 1. The topological polar surface area (TPSA) is 46.0 Å². The summed E-state index contributed by atoms with van der Waals surface area (Å²) in [5.74, 6) is 0.0768. The second-order valence-electron chi connectivity index (χ2n) is 3.85.